The van der Waals surface area contributed by atoms with Crippen molar-refractivity contribution in [3.63, 3.8) is 0 Å². The predicted molar refractivity (Wildman–Crippen MR) is 64.6 cm³/mol. The van der Waals surface area contributed by atoms with E-state index < -0.39 is 12.0 Å². The van der Waals surface area contributed by atoms with E-state index in [-0.39, 0.29) is 11.8 Å². The van der Waals surface area contributed by atoms with Crippen LogP contribution >= 0.6 is 0 Å². The third kappa shape index (κ3) is 5.17. The molecule has 0 spiro atoms. The van der Waals surface area contributed by atoms with Gasteiger partial charge in [0, 0.05) is 6.42 Å². The largest absolute Gasteiger partial charge is 0.480 e. The van der Waals surface area contributed by atoms with E-state index in [2.05, 4.69) is 10.6 Å². The highest BCUT2D eigenvalue weighted by Gasteiger charge is 2.23. The number of aliphatic carboxylic acids is 1. The molecular formula is C12H22N2O3. The molecule has 0 aliphatic carbocycles. The van der Waals surface area contributed by atoms with E-state index in [9.17, 15) is 9.59 Å². The van der Waals surface area contributed by atoms with Crippen molar-refractivity contribution < 1.29 is 14.7 Å². The van der Waals surface area contributed by atoms with Crippen LogP contribution in [-0.2, 0) is 9.59 Å². The molecule has 1 saturated heterocycles. The minimum absolute atomic E-state index is 0.147. The molecule has 5 nitrogen and oxygen atoms in total. The zero-order valence-electron chi connectivity index (χ0n) is 10.5. The van der Waals surface area contributed by atoms with Crippen LogP contribution in [0.25, 0.3) is 0 Å². The monoisotopic (exact) mass is 242 g/mol. The van der Waals surface area contributed by atoms with Gasteiger partial charge in [0.1, 0.15) is 6.04 Å². The van der Waals surface area contributed by atoms with Crippen molar-refractivity contribution in [2.24, 2.45) is 11.8 Å². The zero-order valence-corrected chi connectivity index (χ0v) is 10.5. The van der Waals surface area contributed by atoms with E-state index in [1.165, 1.54) is 0 Å². The molecule has 3 N–H and O–H groups in total. The summed E-state index contributed by atoms with van der Waals surface area (Å²) in [6.07, 6.45) is 1.90. The normalized spacial score (nSPS) is 21.5. The molecular weight excluding hydrogens is 220 g/mol. The topological polar surface area (TPSA) is 78.4 Å². The van der Waals surface area contributed by atoms with Gasteiger partial charge in [0.15, 0.2) is 0 Å². The van der Waals surface area contributed by atoms with E-state index in [0.29, 0.717) is 18.8 Å². The number of nitrogens with one attached hydrogen (secondary N) is 2. The highest BCUT2D eigenvalue weighted by atomic mass is 16.4. The summed E-state index contributed by atoms with van der Waals surface area (Å²) in [5, 5.41) is 14.8. The average Bonchev–Trinajstić information content (AvgIpc) is 2.68. The van der Waals surface area contributed by atoms with Gasteiger partial charge in [-0.25, -0.2) is 4.79 Å². The van der Waals surface area contributed by atoms with Gasteiger partial charge in [-0.1, -0.05) is 13.8 Å². The molecule has 1 amide bonds. The summed E-state index contributed by atoms with van der Waals surface area (Å²) in [6.45, 7) is 5.70. The van der Waals surface area contributed by atoms with Gasteiger partial charge >= 0.3 is 5.97 Å². The second kappa shape index (κ2) is 6.59. The Kier molecular flexibility index (Phi) is 5.41. The van der Waals surface area contributed by atoms with E-state index in [4.69, 9.17) is 5.11 Å². The summed E-state index contributed by atoms with van der Waals surface area (Å²) in [6, 6.07) is -0.753. The van der Waals surface area contributed by atoms with Crippen molar-refractivity contribution >= 4 is 11.9 Å². The van der Waals surface area contributed by atoms with Crippen molar-refractivity contribution in [3.05, 3.63) is 0 Å². The zero-order chi connectivity index (χ0) is 12.8. The first kappa shape index (κ1) is 14.0. The van der Waals surface area contributed by atoms with Gasteiger partial charge in [0.25, 0.3) is 0 Å². The average molecular weight is 242 g/mol. The summed E-state index contributed by atoms with van der Waals surface area (Å²) in [5.74, 6) is -0.489. The molecule has 1 fully saturated rings. The van der Waals surface area contributed by atoms with Gasteiger partial charge in [-0.3, -0.25) is 4.79 Å². The lowest BCUT2D eigenvalue weighted by Crippen LogP contribution is -2.42. The highest BCUT2D eigenvalue weighted by Crippen LogP contribution is 2.12. The Morgan fingerprint density at radius 3 is 2.65 bits per heavy atom. The molecule has 0 aromatic carbocycles. The summed E-state index contributed by atoms with van der Waals surface area (Å²) in [4.78, 5) is 22.7. The van der Waals surface area contributed by atoms with Crippen LogP contribution in [0.1, 0.15) is 33.1 Å². The fourth-order valence-corrected chi connectivity index (χ4v) is 2.10. The summed E-state index contributed by atoms with van der Waals surface area (Å²) < 4.78 is 0. The molecule has 1 rings (SSSR count). The van der Waals surface area contributed by atoms with Crippen LogP contribution in [0.5, 0.6) is 0 Å². The van der Waals surface area contributed by atoms with Crippen LogP contribution in [0.4, 0.5) is 0 Å². The molecule has 1 heterocycles. The molecule has 1 unspecified atom stereocenters. The van der Waals surface area contributed by atoms with Crippen LogP contribution in [0.3, 0.4) is 0 Å². The maximum Gasteiger partial charge on any atom is 0.326 e. The van der Waals surface area contributed by atoms with Crippen LogP contribution in [0, 0.1) is 11.8 Å². The van der Waals surface area contributed by atoms with E-state index >= 15 is 0 Å². The maximum atomic E-state index is 11.7. The second-order valence-electron chi connectivity index (χ2n) is 5.15. The van der Waals surface area contributed by atoms with Gasteiger partial charge in [-0.15, -0.1) is 0 Å². The molecule has 0 aromatic heterocycles. The van der Waals surface area contributed by atoms with Crippen molar-refractivity contribution in [2.75, 3.05) is 13.1 Å². The van der Waals surface area contributed by atoms with Crippen LogP contribution in [-0.4, -0.2) is 36.1 Å². The molecule has 17 heavy (non-hydrogen) atoms. The smallest absolute Gasteiger partial charge is 0.326 e. The van der Waals surface area contributed by atoms with Crippen molar-refractivity contribution in [3.8, 4) is 0 Å². The number of amides is 1. The Labute approximate surface area is 102 Å². The number of hydrogen-bond acceptors (Lipinski definition) is 3. The van der Waals surface area contributed by atoms with Crippen LogP contribution < -0.4 is 10.6 Å². The first-order chi connectivity index (χ1) is 7.99. The number of hydrogen-bond donors (Lipinski definition) is 3. The summed E-state index contributed by atoms with van der Waals surface area (Å²) in [5.41, 5.74) is 0. The highest BCUT2D eigenvalue weighted by molar-refractivity contribution is 5.83. The van der Waals surface area contributed by atoms with E-state index in [1.54, 1.807) is 0 Å². The van der Waals surface area contributed by atoms with Crippen LogP contribution in [0.15, 0.2) is 0 Å². The lowest BCUT2D eigenvalue weighted by Gasteiger charge is -2.17. The minimum atomic E-state index is -0.948. The van der Waals surface area contributed by atoms with Crippen LogP contribution in [0.2, 0.25) is 0 Å². The van der Waals surface area contributed by atoms with Crippen molar-refractivity contribution in [1.82, 2.24) is 10.6 Å². The summed E-state index contributed by atoms with van der Waals surface area (Å²) >= 11 is 0. The fourth-order valence-electron chi connectivity index (χ4n) is 2.10. The quantitative estimate of drug-likeness (QED) is 0.637. The van der Waals surface area contributed by atoms with Gasteiger partial charge < -0.3 is 15.7 Å². The van der Waals surface area contributed by atoms with E-state index in [0.717, 1.165) is 19.5 Å². The van der Waals surface area contributed by atoms with E-state index in [1.807, 2.05) is 13.8 Å². The third-order valence-corrected chi connectivity index (χ3v) is 2.98. The molecule has 0 bridgehead atoms. The first-order valence-electron chi connectivity index (χ1n) is 6.22. The number of carbonyl (C=O) groups excluding carboxylic acids is 1. The predicted octanol–water partition coefficient (Wildman–Crippen LogP) is 0.602. The number of rotatable bonds is 6. The Morgan fingerprint density at radius 2 is 2.18 bits per heavy atom. The minimum Gasteiger partial charge on any atom is -0.480 e. The Hall–Kier alpha value is -1.10. The van der Waals surface area contributed by atoms with Gasteiger partial charge in [-0.05, 0) is 37.8 Å². The van der Waals surface area contributed by atoms with Gasteiger partial charge in [0.05, 0.1) is 0 Å². The lowest BCUT2D eigenvalue weighted by atomic mass is 10.0. The third-order valence-electron chi connectivity index (χ3n) is 2.98. The molecule has 1 aliphatic rings. The Balaban J connectivity index is 2.37. The Bertz CT molecular complexity index is 273. The SMILES string of the molecule is CC(C)C[C@@H](NC(=O)CC1CCNC1)C(=O)O. The first-order valence-corrected chi connectivity index (χ1v) is 6.22. The maximum absolute atomic E-state index is 11.7. The van der Waals surface area contributed by atoms with Gasteiger partial charge in [0.2, 0.25) is 5.91 Å². The van der Waals surface area contributed by atoms with Gasteiger partial charge in [-0.2, -0.15) is 0 Å². The molecule has 0 saturated carbocycles. The summed E-state index contributed by atoms with van der Waals surface area (Å²) in [7, 11) is 0. The molecule has 0 radical (unpaired) electrons. The fraction of sp³-hybridized carbons (Fsp3) is 0.833. The molecule has 98 valence electrons. The number of carboxylic acid groups (broad SMARTS) is 1. The molecule has 0 aromatic rings. The van der Waals surface area contributed by atoms with Crippen molar-refractivity contribution in [2.45, 2.75) is 39.2 Å². The molecule has 5 heteroatoms. The second-order valence-corrected chi connectivity index (χ2v) is 5.15. The molecule has 1 aliphatic heterocycles. The number of carbonyl (C=O) groups is 2. The van der Waals surface area contributed by atoms with Crippen molar-refractivity contribution in [1.29, 1.82) is 0 Å². The lowest BCUT2D eigenvalue weighted by molar-refractivity contribution is -0.142. The Morgan fingerprint density at radius 1 is 1.47 bits per heavy atom. The number of carboxylic acids is 1. The standard InChI is InChI=1S/C12H22N2O3/c1-8(2)5-10(12(16)17)14-11(15)6-9-3-4-13-7-9/h8-10,13H,3-7H2,1-2H3,(H,14,15)(H,16,17)/t9?,10-/m1/s1. The molecule has 2 atom stereocenters.